The average molecular weight is 401 g/mol. The summed E-state index contributed by atoms with van der Waals surface area (Å²) in [6, 6.07) is 10.2. The average Bonchev–Trinajstić information content (AvgIpc) is 3.20. The molecule has 1 aliphatic heterocycles. The van der Waals surface area contributed by atoms with E-state index in [1.165, 1.54) is 12.1 Å². The number of alkyl halides is 2. The fraction of sp³-hybridized carbons (Fsp3) is 0.250. The van der Waals surface area contributed by atoms with Crippen LogP contribution in [0.15, 0.2) is 40.9 Å². The first-order chi connectivity index (χ1) is 13.8. The molecule has 29 heavy (non-hydrogen) atoms. The van der Waals surface area contributed by atoms with Gasteiger partial charge in [-0.1, -0.05) is 29.4 Å². The molecule has 3 aromatic rings. The fourth-order valence-electron chi connectivity index (χ4n) is 3.05. The van der Waals surface area contributed by atoms with E-state index in [9.17, 15) is 13.6 Å². The van der Waals surface area contributed by atoms with Gasteiger partial charge in [0.05, 0.1) is 12.8 Å². The number of carbonyl (C=O) groups is 1. The smallest absolute Gasteiger partial charge is 0.395 e. The lowest BCUT2D eigenvalue weighted by atomic mass is 10.1. The SMILES string of the molecule is Cc1cccc(C)c1NC(=O)Cc1noc(Cc2ccc3c(c2)OC(F)(F)O3)n1. The van der Waals surface area contributed by atoms with Gasteiger partial charge in [-0.25, -0.2) is 0 Å². The molecule has 1 aliphatic rings. The Balaban J connectivity index is 1.40. The van der Waals surface area contributed by atoms with Crippen LogP contribution in [0, 0.1) is 13.8 Å². The predicted octanol–water partition coefficient (Wildman–Crippen LogP) is 3.78. The number of carbonyl (C=O) groups excluding carboxylic acids is 1. The molecule has 0 bridgehead atoms. The molecule has 0 unspecified atom stereocenters. The molecule has 0 fully saturated rings. The Morgan fingerprint density at radius 1 is 1.10 bits per heavy atom. The van der Waals surface area contributed by atoms with E-state index in [-0.39, 0.29) is 42.0 Å². The first-order valence-corrected chi connectivity index (χ1v) is 8.85. The van der Waals surface area contributed by atoms with Crippen molar-refractivity contribution in [2.45, 2.75) is 33.0 Å². The lowest BCUT2D eigenvalue weighted by Gasteiger charge is -2.10. The maximum absolute atomic E-state index is 13.1. The number of nitrogens with one attached hydrogen (secondary N) is 1. The first kappa shape index (κ1) is 18.9. The van der Waals surface area contributed by atoms with Crippen LogP contribution < -0.4 is 14.8 Å². The van der Waals surface area contributed by atoms with Crippen LogP contribution >= 0.6 is 0 Å². The summed E-state index contributed by atoms with van der Waals surface area (Å²) in [5.74, 6) is 0.134. The van der Waals surface area contributed by atoms with E-state index < -0.39 is 6.29 Å². The van der Waals surface area contributed by atoms with Gasteiger partial charge in [-0.3, -0.25) is 4.79 Å². The Bertz CT molecular complexity index is 1060. The molecule has 0 radical (unpaired) electrons. The number of fused-ring (bicyclic) bond motifs is 1. The number of hydrogen-bond donors (Lipinski definition) is 1. The molecule has 0 saturated carbocycles. The number of rotatable bonds is 5. The van der Waals surface area contributed by atoms with Crippen molar-refractivity contribution in [3.63, 3.8) is 0 Å². The molecule has 0 aliphatic carbocycles. The van der Waals surface area contributed by atoms with E-state index in [1.54, 1.807) is 6.07 Å². The van der Waals surface area contributed by atoms with Crippen molar-refractivity contribution < 1.29 is 27.6 Å². The number of amides is 1. The van der Waals surface area contributed by atoms with E-state index >= 15 is 0 Å². The third-order valence-corrected chi connectivity index (χ3v) is 4.40. The summed E-state index contributed by atoms with van der Waals surface area (Å²) in [4.78, 5) is 16.5. The largest absolute Gasteiger partial charge is 0.586 e. The molecule has 9 heteroatoms. The number of aromatic nitrogens is 2. The number of ether oxygens (including phenoxy) is 2. The summed E-state index contributed by atoms with van der Waals surface area (Å²) in [7, 11) is 0. The molecule has 2 heterocycles. The van der Waals surface area contributed by atoms with E-state index in [4.69, 9.17) is 4.52 Å². The van der Waals surface area contributed by atoms with Crippen LogP contribution in [0.5, 0.6) is 11.5 Å². The van der Waals surface area contributed by atoms with Crippen molar-refractivity contribution in [1.29, 1.82) is 0 Å². The molecule has 2 aromatic carbocycles. The summed E-state index contributed by atoms with van der Waals surface area (Å²) in [6.45, 7) is 3.83. The van der Waals surface area contributed by atoms with Crippen molar-refractivity contribution in [2.75, 3.05) is 5.32 Å². The third-order valence-electron chi connectivity index (χ3n) is 4.40. The molecule has 0 atom stereocenters. The number of benzene rings is 2. The van der Waals surface area contributed by atoms with E-state index in [0.29, 0.717) is 5.56 Å². The molecule has 7 nitrogen and oxygen atoms in total. The van der Waals surface area contributed by atoms with Crippen LogP contribution in [0.25, 0.3) is 0 Å². The Morgan fingerprint density at radius 3 is 2.59 bits per heavy atom. The van der Waals surface area contributed by atoms with Gasteiger partial charge >= 0.3 is 6.29 Å². The Hall–Kier alpha value is -3.49. The third kappa shape index (κ3) is 4.18. The maximum atomic E-state index is 13.1. The molecule has 4 rings (SSSR count). The highest BCUT2D eigenvalue weighted by atomic mass is 19.3. The van der Waals surface area contributed by atoms with Gasteiger partial charge in [-0.15, -0.1) is 8.78 Å². The van der Waals surface area contributed by atoms with Crippen LogP contribution in [0.4, 0.5) is 14.5 Å². The minimum atomic E-state index is -3.67. The number of anilines is 1. The monoisotopic (exact) mass is 401 g/mol. The summed E-state index contributed by atoms with van der Waals surface area (Å²) in [5.41, 5.74) is 3.31. The lowest BCUT2D eigenvalue weighted by molar-refractivity contribution is -0.286. The number of hydrogen-bond acceptors (Lipinski definition) is 6. The van der Waals surface area contributed by atoms with Crippen molar-refractivity contribution in [2.24, 2.45) is 0 Å². The Kier molecular flexibility index (Phi) is 4.65. The lowest BCUT2D eigenvalue weighted by Crippen LogP contribution is -2.25. The highest BCUT2D eigenvalue weighted by Crippen LogP contribution is 2.41. The normalized spacial score (nSPS) is 14.1. The van der Waals surface area contributed by atoms with Crippen LogP contribution in [0.3, 0.4) is 0 Å². The minimum absolute atomic E-state index is 0.0341. The van der Waals surface area contributed by atoms with Gasteiger partial charge < -0.3 is 19.3 Å². The first-order valence-electron chi connectivity index (χ1n) is 8.85. The van der Waals surface area contributed by atoms with Gasteiger partial charge in [0.2, 0.25) is 11.8 Å². The fourth-order valence-corrected chi connectivity index (χ4v) is 3.05. The Labute approximate surface area is 164 Å². The quantitative estimate of drug-likeness (QED) is 0.700. The Morgan fingerprint density at radius 2 is 1.83 bits per heavy atom. The summed E-state index contributed by atoms with van der Waals surface area (Å²) in [5, 5.41) is 6.67. The molecule has 1 N–H and O–H groups in total. The van der Waals surface area contributed by atoms with Crippen molar-refractivity contribution in [3.8, 4) is 11.5 Å². The van der Waals surface area contributed by atoms with E-state index in [2.05, 4.69) is 24.9 Å². The van der Waals surface area contributed by atoms with Gasteiger partial charge in [0, 0.05) is 5.69 Å². The highest BCUT2D eigenvalue weighted by molar-refractivity contribution is 5.93. The predicted molar refractivity (Wildman–Crippen MR) is 98.0 cm³/mol. The molecular weight excluding hydrogens is 384 g/mol. The maximum Gasteiger partial charge on any atom is 0.586 e. The van der Waals surface area contributed by atoms with Crippen molar-refractivity contribution in [3.05, 3.63) is 64.8 Å². The van der Waals surface area contributed by atoms with Crippen molar-refractivity contribution >= 4 is 11.6 Å². The summed E-state index contributed by atoms with van der Waals surface area (Å²) < 4.78 is 40.2. The van der Waals surface area contributed by atoms with Gasteiger partial charge in [0.1, 0.15) is 0 Å². The molecule has 1 amide bonds. The van der Waals surface area contributed by atoms with Crippen LogP contribution in [0.2, 0.25) is 0 Å². The zero-order chi connectivity index (χ0) is 20.6. The minimum Gasteiger partial charge on any atom is -0.395 e. The second-order valence-electron chi connectivity index (χ2n) is 6.72. The number of halogens is 2. The van der Waals surface area contributed by atoms with Crippen molar-refractivity contribution in [1.82, 2.24) is 10.1 Å². The molecule has 1 aromatic heterocycles. The summed E-state index contributed by atoms with van der Waals surface area (Å²) >= 11 is 0. The van der Waals surface area contributed by atoms with Gasteiger partial charge in [-0.2, -0.15) is 4.98 Å². The number of aryl methyl sites for hydroxylation is 2. The van der Waals surface area contributed by atoms with Crippen LogP contribution in [-0.2, 0) is 17.6 Å². The number of nitrogens with zero attached hydrogens (tertiary/aromatic N) is 2. The highest BCUT2D eigenvalue weighted by Gasteiger charge is 2.43. The zero-order valence-corrected chi connectivity index (χ0v) is 15.7. The number of para-hydroxylation sites is 1. The van der Waals surface area contributed by atoms with Gasteiger partial charge in [-0.05, 0) is 42.7 Å². The standard InChI is InChI=1S/C20H17F2N3O4/c1-11-4-3-5-12(2)19(11)24-17(26)10-16-23-18(29-25-16)9-13-6-7-14-15(8-13)28-20(21,22)27-14/h3-8H,9-10H2,1-2H3,(H,24,26). The molecule has 0 saturated heterocycles. The topological polar surface area (TPSA) is 86.5 Å². The second-order valence-corrected chi connectivity index (χ2v) is 6.72. The molecular formula is C20H17F2N3O4. The van der Waals surface area contributed by atoms with Gasteiger partial charge in [0.25, 0.3) is 0 Å². The zero-order valence-electron chi connectivity index (χ0n) is 15.7. The van der Waals surface area contributed by atoms with E-state index in [0.717, 1.165) is 16.8 Å². The van der Waals surface area contributed by atoms with Crippen LogP contribution in [-0.4, -0.2) is 22.3 Å². The second kappa shape index (κ2) is 7.16. The van der Waals surface area contributed by atoms with Gasteiger partial charge in [0.15, 0.2) is 17.3 Å². The van der Waals surface area contributed by atoms with E-state index in [1.807, 2.05) is 32.0 Å². The summed E-state index contributed by atoms with van der Waals surface area (Å²) in [6.07, 6.45) is -3.51. The molecule has 150 valence electrons. The van der Waals surface area contributed by atoms with Crippen LogP contribution in [0.1, 0.15) is 28.4 Å². The molecule has 0 spiro atoms.